The van der Waals surface area contributed by atoms with Crippen LogP contribution >= 0.6 is 23.2 Å². The van der Waals surface area contributed by atoms with E-state index in [1.54, 1.807) is 32.0 Å². The van der Waals surface area contributed by atoms with Gasteiger partial charge in [0.2, 0.25) is 0 Å². The van der Waals surface area contributed by atoms with Crippen molar-refractivity contribution in [2.24, 2.45) is 0 Å². The maximum atomic E-state index is 12.1. The second kappa shape index (κ2) is 6.76. The number of benzene rings is 1. The number of hydrogen-bond donors (Lipinski definition) is 0. The Morgan fingerprint density at radius 2 is 2.06 bits per heavy atom. The molecule has 0 aliphatic heterocycles. The molecule has 1 aromatic carbocycles. The average molecular weight is 289 g/mol. The molecule has 0 aromatic heterocycles. The lowest BCUT2D eigenvalue weighted by molar-refractivity contribution is 0.0523. The molecule has 1 atom stereocenters. The van der Waals surface area contributed by atoms with Gasteiger partial charge in [0.25, 0.3) is 0 Å². The number of hydrogen-bond acceptors (Lipinski definition) is 3. The van der Waals surface area contributed by atoms with Crippen LogP contribution in [0.3, 0.4) is 0 Å². The van der Waals surface area contributed by atoms with Gasteiger partial charge in [0.1, 0.15) is 0 Å². The summed E-state index contributed by atoms with van der Waals surface area (Å²) in [4.78, 5) is 23.9. The van der Waals surface area contributed by atoms with Gasteiger partial charge in [-0.05, 0) is 25.5 Å². The molecule has 18 heavy (non-hydrogen) atoms. The molecule has 3 nitrogen and oxygen atoms in total. The van der Waals surface area contributed by atoms with E-state index < -0.39 is 11.3 Å². The van der Waals surface area contributed by atoms with Crippen molar-refractivity contribution in [1.29, 1.82) is 0 Å². The Kier molecular flexibility index (Phi) is 5.63. The summed E-state index contributed by atoms with van der Waals surface area (Å²) in [5.74, 6) is -0.723. The highest BCUT2D eigenvalue weighted by Crippen LogP contribution is 2.21. The van der Waals surface area contributed by atoms with Gasteiger partial charge in [-0.2, -0.15) is 0 Å². The summed E-state index contributed by atoms with van der Waals surface area (Å²) in [6, 6.07) is 4.91. The zero-order chi connectivity index (χ0) is 13.7. The third-order valence-corrected chi connectivity index (χ3v) is 2.88. The van der Waals surface area contributed by atoms with Crippen LogP contribution in [0.2, 0.25) is 0 Å². The minimum atomic E-state index is -0.720. The van der Waals surface area contributed by atoms with E-state index in [-0.39, 0.29) is 29.4 Å². The SMILES string of the molecule is CCOC(=O)c1cccc(CCl)c1C(=O)C(C)Cl. The molecule has 0 saturated carbocycles. The Bertz CT molecular complexity index is 456. The Labute approximate surface area is 116 Å². The molecule has 98 valence electrons. The monoisotopic (exact) mass is 288 g/mol. The van der Waals surface area contributed by atoms with E-state index in [0.717, 1.165) is 0 Å². The Morgan fingerprint density at radius 3 is 2.56 bits per heavy atom. The number of ether oxygens (including phenoxy) is 1. The summed E-state index contributed by atoms with van der Waals surface area (Å²) in [7, 11) is 0. The molecule has 0 heterocycles. The number of halogens is 2. The van der Waals surface area contributed by atoms with Gasteiger partial charge in [-0.25, -0.2) is 4.79 Å². The largest absolute Gasteiger partial charge is 0.462 e. The molecule has 0 amide bonds. The lowest BCUT2D eigenvalue weighted by Crippen LogP contribution is -2.19. The zero-order valence-corrected chi connectivity index (χ0v) is 11.7. The third kappa shape index (κ3) is 3.24. The van der Waals surface area contributed by atoms with E-state index in [0.29, 0.717) is 5.56 Å². The van der Waals surface area contributed by atoms with E-state index in [1.165, 1.54) is 0 Å². The molecular weight excluding hydrogens is 275 g/mol. The number of carbonyl (C=O) groups is 2. The lowest BCUT2D eigenvalue weighted by atomic mass is 9.96. The van der Waals surface area contributed by atoms with Crippen LogP contribution in [0, 0.1) is 0 Å². The topological polar surface area (TPSA) is 43.4 Å². The fourth-order valence-corrected chi connectivity index (χ4v) is 1.91. The van der Waals surface area contributed by atoms with Crippen LogP contribution in [0.15, 0.2) is 18.2 Å². The van der Waals surface area contributed by atoms with Gasteiger partial charge in [0.05, 0.1) is 17.5 Å². The molecule has 0 bridgehead atoms. The van der Waals surface area contributed by atoms with Crippen molar-refractivity contribution in [2.45, 2.75) is 25.1 Å². The molecule has 1 rings (SSSR count). The summed E-state index contributed by atoms with van der Waals surface area (Å²) >= 11 is 11.6. The van der Waals surface area contributed by atoms with Crippen molar-refractivity contribution < 1.29 is 14.3 Å². The normalized spacial score (nSPS) is 12.0. The van der Waals surface area contributed by atoms with Crippen LogP contribution < -0.4 is 0 Å². The van der Waals surface area contributed by atoms with Gasteiger partial charge in [-0.3, -0.25) is 4.79 Å². The van der Waals surface area contributed by atoms with Crippen molar-refractivity contribution in [3.05, 3.63) is 34.9 Å². The van der Waals surface area contributed by atoms with Crippen LogP contribution in [0.25, 0.3) is 0 Å². The summed E-state index contributed by atoms with van der Waals surface area (Å²) in [5, 5.41) is -0.720. The first-order valence-electron chi connectivity index (χ1n) is 5.56. The molecule has 0 spiro atoms. The minimum absolute atomic E-state index is 0.137. The summed E-state index contributed by atoms with van der Waals surface area (Å²) in [6.45, 7) is 3.51. The fraction of sp³-hybridized carbons (Fsp3) is 0.385. The van der Waals surface area contributed by atoms with Gasteiger partial charge in [-0.1, -0.05) is 12.1 Å². The number of ketones is 1. The molecular formula is C13H14Cl2O3. The first kappa shape index (κ1) is 15.0. The summed E-state index contributed by atoms with van der Waals surface area (Å²) in [6.07, 6.45) is 0. The van der Waals surface area contributed by atoms with Crippen LogP contribution in [-0.4, -0.2) is 23.7 Å². The molecule has 0 N–H and O–H groups in total. The fourth-order valence-electron chi connectivity index (χ4n) is 1.58. The second-order valence-electron chi connectivity index (χ2n) is 3.67. The smallest absolute Gasteiger partial charge is 0.338 e. The molecule has 5 heteroatoms. The van der Waals surface area contributed by atoms with E-state index in [1.807, 2.05) is 0 Å². The van der Waals surface area contributed by atoms with E-state index in [9.17, 15) is 9.59 Å². The maximum Gasteiger partial charge on any atom is 0.338 e. The van der Waals surface area contributed by atoms with Crippen LogP contribution in [0.4, 0.5) is 0 Å². The average Bonchev–Trinajstić information content (AvgIpc) is 2.37. The highest BCUT2D eigenvalue weighted by molar-refractivity contribution is 6.34. The highest BCUT2D eigenvalue weighted by Gasteiger charge is 2.23. The third-order valence-electron chi connectivity index (χ3n) is 2.40. The second-order valence-corrected chi connectivity index (χ2v) is 4.60. The van der Waals surface area contributed by atoms with Crippen LogP contribution in [-0.2, 0) is 10.6 Å². The number of rotatable bonds is 5. The first-order valence-corrected chi connectivity index (χ1v) is 6.53. The van der Waals surface area contributed by atoms with Crippen LogP contribution in [0.1, 0.15) is 40.1 Å². The van der Waals surface area contributed by atoms with Crippen LogP contribution in [0.5, 0.6) is 0 Å². The van der Waals surface area contributed by atoms with Gasteiger partial charge < -0.3 is 4.74 Å². The number of alkyl halides is 2. The predicted octanol–water partition coefficient (Wildman–Crippen LogP) is 3.41. The summed E-state index contributed by atoms with van der Waals surface area (Å²) in [5.41, 5.74) is 1.06. The van der Waals surface area contributed by atoms with E-state index >= 15 is 0 Å². The Balaban J connectivity index is 3.33. The molecule has 0 aliphatic carbocycles. The van der Waals surface area contributed by atoms with Gasteiger partial charge in [-0.15, -0.1) is 23.2 Å². The van der Waals surface area contributed by atoms with Crippen molar-refractivity contribution in [3.8, 4) is 0 Å². The molecule has 0 fully saturated rings. The maximum absolute atomic E-state index is 12.1. The van der Waals surface area contributed by atoms with E-state index in [4.69, 9.17) is 27.9 Å². The van der Waals surface area contributed by atoms with Gasteiger partial charge in [0.15, 0.2) is 5.78 Å². The Hall–Kier alpha value is -1.06. The standard InChI is InChI=1S/C13H14Cl2O3/c1-3-18-13(17)10-6-4-5-9(7-14)11(10)12(16)8(2)15/h4-6,8H,3,7H2,1-2H3. The molecule has 0 radical (unpaired) electrons. The Morgan fingerprint density at radius 1 is 1.39 bits per heavy atom. The van der Waals surface area contributed by atoms with Gasteiger partial charge >= 0.3 is 5.97 Å². The number of carbonyl (C=O) groups excluding carboxylic acids is 2. The summed E-state index contributed by atoms with van der Waals surface area (Å²) < 4.78 is 4.92. The van der Waals surface area contributed by atoms with Crippen molar-refractivity contribution in [1.82, 2.24) is 0 Å². The number of esters is 1. The van der Waals surface area contributed by atoms with Gasteiger partial charge in [0, 0.05) is 11.4 Å². The molecule has 0 aliphatic rings. The zero-order valence-electron chi connectivity index (χ0n) is 10.2. The van der Waals surface area contributed by atoms with Crippen molar-refractivity contribution in [3.63, 3.8) is 0 Å². The quantitative estimate of drug-likeness (QED) is 0.474. The molecule has 0 saturated heterocycles. The molecule has 1 aromatic rings. The first-order chi connectivity index (χ1) is 8.52. The minimum Gasteiger partial charge on any atom is -0.462 e. The highest BCUT2D eigenvalue weighted by atomic mass is 35.5. The lowest BCUT2D eigenvalue weighted by Gasteiger charge is -2.12. The predicted molar refractivity (Wildman–Crippen MR) is 71.6 cm³/mol. The molecule has 1 unspecified atom stereocenters. The van der Waals surface area contributed by atoms with Crippen molar-refractivity contribution >= 4 is 35.0 Å². The van der Waals surface area contributed by atoms with E-state index in [2.05, 4.69) is 0 Å². The number of Topliss-reactive ketones (excluding diaryl/α,β-unsaturated/α-hetero) is 1. The van der Waals surface area contributed by atoms with Crippen molar-refractivity contribution in [2.75, 3.05) is 6.61 Å².